The third kappa shape index (κ3) is 7.96. The van der Waals surface area contributed by atoms with Crippen molar-refractivity contribution in [3.8, 4) is 11.5 Å². The summed E-state index contributed by atoms with van der Waals surface area (Å²) in [6.07, 6.45) is 16.3. The lowest BCUT2D eigenvalue weighted by Crippen LogP contribution is -2.41. The van der Waals surface area contributed by atoms with Crippen molar-refractivity contribution < 1.29 is 28.9 Å². The summed E-state index contributed by atoms with van der Waals surface area (Å²) in [7, 11) is 0. The van der Waals surface area contributed by atoms with Gasteiger partial charge in [0.2, 0.25) is 5.36 Å². The summed E-state index contributed by atoms with van der Waals surface area (Å²) < 4.78 is 21.3. The molecule has 2 N–H and O–H groups in total. The Morgan fingerprint density at radius 1 is 0.842 bits per heavy atom. The molecule has 0 unspecified atom stereocenters. The minimum atomic E-state index is -1.12. The first-order valence-electron chi connectivity index (χ1n) is 21.8. The molecule has 0 radical (unpaired) electrons. The number of rotatable bonds is 15. The molecule has 9 nitrogen and oxygen atoms in total. The normalized spacial score (nSPS) is 16.8. The van der Waals surface area contributed by atoms with Gasteiger partial charge in [-0.05, 0) is 94.0 Å². The summed E-state index contributed by atoms with van der Waals surface area (Å²) in [5.74, 6) is 0.245. The fourth-order valence-corrected chi connectivity index (χ4v) is 10.4. The minimum Gasteiger partial charge on any atom is -0.478 e. The van der Waals surface area contributed by atoms with Gasteiger partial charge in [0.1, 0.15) is 24.6 Å². The Morgan fingerprint density at radius 2 is 1.60 bits per heavy atom. The third-order valence-corrected chi connectivity index (χ3v) is 13.0. The summed E-state index contributed by atoms with van der Waals surface area (Å²) in [5, 5.41) is 16.2. The van der Waals surface area contributed by atoms with E-state index in [0.717, 1.165) is 131 Å². The predicted octanol–water partition coefficient (Wildman–Crippen LogP) is 7.30. The van der Waals surface area contributed by atoms with Crippen LogP contribution in [0.5, 0.6) is 11.5 Å². The van der Waals surface area contributed by atoms with Crippen LogP contribution < -0.4 is 30.1 Å². The highest BCUT2D eigenvalue weighted by Crippen LogP contribution is 2.49. The van der Waals surface area contributed by atoms with Crippen LogP contribution in [0.15, 0.2) is 18.2 Å². The monoisotopic (exact) mass is 796 g/mol. The Morgan fingerprint density at radius 3 is 2.44 bits per heavy atom. The number of amides is 1. The van der Waals surface area contributed by atoms with E-state index in [2.05, 4.69) is 33.8 Å². The molecule has 0 saturated heterocycles. The van der Waals surface area contributed by atoms with Crippen LogP contribution in [-0.2, 0) is 35.2 Å². The second-order valence-electron chi connectivity index (χ2n) is 16.5. The van der Waals surface area contributed by atoms with E-state index in [0.29, 0.717) is 43.1 Å². The fourth-order valence-electron chi connectivity index (χ4n) is 10.1. The van der Waals surface area contributed by atoms with Crippen molar-refractivity contribution in [3.63, 3.8) is 0 Å². The lowest BCUT2D eigenvalue weighted by Gasteiger charge is -2.36. The number of fused-ring (bicyclic) bond motifs is 4. The Balaban J connectivity index is 1.20. The number of hydrogen-bond donors (Lipinski definition) is 2. The van der Waals surface area contributed by atoms with Crippen LogP contribution in [0, 0.1) is 6.92 Å². The first-order valence-corrected chi connectivity index (χ1v) is 22.2. The number of carbonyl (C=O) groups excluding carboxylic acids is 1. The molecule has 1 amide bonds. The fraction of sp³-hybridized carbons (Fsp3) is 0.553. The van der Waals surface area contributed by atoms with E-state index in [9.17, 15) is 14.7 Å². The molecule has 3 aromatic carbocycles. The summed E-state index contributed by atoms with van der Waals surface area (Å²) >= 11 is 6.99. The van der Waals surface area contributed by atoms with Crippen molar-refractivity contribution in [2.24, 2.45) is 0 Å². The molecule has 304 valence electrons. The number of aromatic carboxylic acids is 1. The molecule has 5 aliphatic heterocycles. The van der Waals surface area contributed by atoms with E-state index >= 15 is 0 Å². The van der Waals surface area contributed by atoms with E-state index in [1.807, 2.05) is 6.92 Å². The second kappa shape index (κ2) is 17.9. The Bertz CT molecular complexity index is 2180. The average Bonchev–Trinajstić information content (AvgIpc) is 3.55. The van der Waals surface area contributed by atoms with E-state index < -0.39 is 5.97 Å². The first kappa shape index (κ1) is 39.9. The number of carboxylic acid groups (broad SMARTS) is 1. The molecule has 5 aliphatic rings. The van der Waals surface area contributed by atoms with E-state index in [4.69, 9.17) is 25.8 Å². The SMILES string of the molecule is CCCCCCCOCCOCCNC(=O)c1cc(Cl)c(C(=O)O)c(C2=c3cc4c5c(c3Oc3c2cc2c6c3CCCN6CCCC2)CCC[N+]=5CCCC4)c1C. The lowest BCUT2D eigenvalue weighted by molar-refractivity contribution is 0.0468. The molecule has 5 heterocycles. The van der Waals surface area contributed by atoms with Crippen molar-refractivity contribution >= 4 is 34.7 Å². The van der Waals surface area contributed by atoms with Crippen molar-refractivity contribution in [2.45, 2.75) is 110 Å². The molecule has 0 spiro atoms. The van der Waals surface area contributed by atoms with Crippen LogP contribution in [0.4, 0.5) is 5.69 Å². The van der Waals surface area contributed by atoms with Gasteiger partial charge < -0.3 is 29.5 Å². The van der Waals surface area contributed by atoms with Crippen molar-refractivity contribution in [3.05, 3.63) is 83.9 Å². The van der Waals surface area contributed by atoms with Crippen molar-refractivity contribution in [1.29, 1.82) is 0 Å². The molecule has 0 bridgehead atoms. The van der Waals surface area contributed by atoms with E-state index in [1.54, 1.807) is 0 Å². The van der Waals surface area contributed by atoms with Gasteiger partial charge in [-0.1, -0.05) is 44.2 Å². The molecule has 0 saturated carbocycles. The topological polar surface area (TPSA) is 100 Å². The maximum Gasteiger partial charge on any atom is 0.337 e. The molecule has 0 aliphatic carbocycles. The molecule has 3 aromatic rings. The van der Waals surface area contributed by atoms with Crippen LogP contribution in [0.25, 0.3) is 5.57 Å². The minimum absolute atomic E-state index is 0.0173. The maximum absolute atomic E-state index is 14.0. The zero-order valence-corrected chi connectivity index (χ0v) is 34.7. The molecule has 0 atom stereocenters. The van der Waals surface area contributed by atoms with E-state index in [-0.39, 0.29) is 16.5 Å². The number of halogens is 1. The van der Waals surface area contributed by atoms with Gasteiger partial charge >= 0.3 is 5.97 Å². The highest BCUT2D eigenvalue weighted by Gasteiger charge is 2.37. The Kier molecular flexibility index (Phi) is 12.5. The van der Waals surface area contributed by atoms with Gasteiger partial charge in [-0.25, -0.2) is 9.37 Å². The van der Waals surface area contributed by atoms with Crippen molar-refractivity contribution in [1.82, 2.24) is 9.89 Å². The van der Waals surface area contributed by atoms with Crippen LogP contribution >= 0.6 is 11.6 Å². The van der Waals surface area contributed by atoms with Gasteiger partial charge in [-0.15, -0.1) is 0 Å². The summed E-state index contributed by atoms with van der Waals surface area (Å²) in [6.45, 7) is 10.6. The van der Waals surface area contributed by atoms with Crippen LogP contribution in [0.2, 0.25) is 5.02 Å². The van der Waals surface area contributed by atoms with Crippen LogP contribution in [0.1, 0.15) is 137 Å². The number of carbonyl (C=O) groups is 2. The molecule has 8 rings (SSSR count). The number of carboxylic acids is 1. The highest BCUT2D eigenvalue weighted by atomic mass is 35.5. The standard InChI is InChI=1S/C47H58ClN3O6/c1-3-4-5-6-11-23-55-25-26-56-24-18-49-46(52)35-29-38(48)41(47(53)54)39(30(35)2)40-36-27-31-14-7-9-19-50-21-12-16-33(42(31)50)44(36)57-45-34-17-13-22-51-20-10-8-15-32(43(34)51)28-37(40)45/h27-29H,3-26H2,1-2H3,(H-,49,52,53,54)/p+1. The van der Waals surface area contributed by atoms with Gasteiger partial charge in [-0.2, -0.15) is 0 Å². The van der Waals surface area contributed by atoms with Crippen LogP contribution in [0.3, 0.4) is 0 Å². The zero-order chi connectivity index (χ0) is 39.5. The lowest BCUT2D eigenvalue weighted by atomic mass is 9.81. The summed E-state index contributed by atoms with van der Waals surface area (Å²) in [4.78, 5) is 29.9. The third-order valence-electron chi connectivity index (χ3n) is 12.7. The number of nitrogens with zero attached hydrogens (tertiary/aromatic N) is 2. The maximum atomic E-state index is 14.0. The largest absolute Gasteiger partial charge is 0.478 e. The molecular weight excluding hydrogens is 738 g/mol. The molecule has 0 fully saturated rings. The second-order valence-corrected chi connectivity index (χ2v) is 16.9. The average molecular weight is 797 g/mol. The summed E-state index contributed by atoms with van der Waals surface area (Å²) in [5.41, 5.74) is 9.52. The Hall–Kier alpha value is -3.92. The smallest absolute Gasteiger partial charge is 0.337 e. The van der Waals surface area contributed by atoms with Gasteiger partial charge in [-0.3, -0.25) is 4.79 Å². The van der Waals surface area contributed by atoms with E-state index in [1.165, 1.54) is 65.0 Å². The predicted molar refractivity (Wildman–Crippen MR) is 225 cm³/mol. The quantitative estimate of drug-likeness (QED) is 0.0963. The molecule has 10 heteroatoms. The summed E-state index contributed by atoms with van der Waals surface area (Å²) in [6, 6.07) is 6.07. The number of hydrogen-bond acceptors (Lipinski definition) is 6. The molecular formula is C47H59ClN3O6+. The number of nitrogens with one attached hydrogen (secondary N) is 1. The number of benzene rings is 3. The zero-order valence-electron chi connectivity index (χ0n) is 34.0. The Labute approximate surface area is 342 Å². The number of unbranched alkanes of at least 4 members (excludes halogenated alkanes) is 4. The van der Waals surface area contributed by atoms with Gasteiger partial charge in [0.25, 0.3) is 5.91 Å². The molecule has 0 aromatic heterocycles. The van der Waals surface area contributed by atoms with Gasteiger partial charge in [0, 0.05) is 83.4 Å². The molecule has 57 heavy (non-hydrogen) atoms. The number of ether oxygens (including phenoxy) is 3. The number of aryl methyl sites for hydroxylation is 2. The van der Waals surface area contributed by atoms with Gasteiger partial charge in [0.05, 0.1) is 36.0 Å². The number of anilines is 1. The van der Waals surface area contributed by atoms with Crippen molar-refractivity contribution in [2.75, 3.05) is 64.1 Å². The van der Waals surface area contributed by atoms with Gasteiger partial charge in [0.15, 0.2) is 0 Å². The highest BCUT2D eigenvalue weighted by molar-refractivity contribution is 6.34. The first-order chi connectivity index (χ1) is 27.9. The van der Waals surface area contributed by atoms with Crippen LogP contribution in [-0.4, -0.2) is 76.1 Å².